The fraction of sp³-hybridized carbons (Fsp3) is 0.533. The Morgan fingerprint density at radius 2 is 2.17 bits per heavy atom. The average molecular weight is 247 g/mol. The normalized spacial score (nSPS) is 19.6. The second-order valence-electron chi connectivity index (χ2n) is 5.00. The molecule has 1 heterocycles. The molecule has 0 aromatic heterocycles. The summed E-state index contributed by atoms with van der Waals surface area (Å²) in [4.78, 5) is 14.0. The number of hydrogen-bond donors (Lipinski definition) is 0. The molecule has 0 aliphatic carbocycles. The largest absolute Gasteiger partial charge is 0.493 e. The molecule has 1 amide bonds. The third-order valence-corrected chi connectivity index (χ3v) is 3.34. The summed E-state index contributed by atoms with van der Waals surface area (Å²) >= 11 is 0. The zero-order valence-corrected chi connectivity index (χ0v) is 11.0. The molecule has 0 radical (unpaired) electrons. The van der Waals surface area contributed by atoms with E-state index in [4.69, 9.17) is 4.74 Å². The summed E-state index contributed by atoms with van der Waals surface area (Å²) in [5.74, 6) is 1.69. The van der Waals surface area contributed by atoms with Crippen molar-refractivity contribution < 1.29 is 9.53 Å². The Morgan fingerprint density at radius 3 is 2.89 bits per heavy atom. The van der Waals surface area contributed by atoms with Gasteiger partial charge >= 0.3 is 0 Å². The van der Waals surface area contributed by atoms with Crippen LogP contribution in [0.3, 0.4) is 0 Å². The lowest BCUT2D eigenvalue weighted by Crippen LogP contribution is -2.39. The molecule has 0 saturated carbocycles. The average Bonchev–Trinajstić information content (AvgIpc) is 2.40. The van der Waals surface area contributed by atoms with Gasteiger partial charge in [0.05, 0.1) is 13.0 Å². The second-order valence-corrected chi connectivity index (χ2v) is 5.00. The first-order valence-corrected chi connectivity index (χ1v) is 6.71. The van der Waals surface area contributed by atoms with Gasteiger partial charge in [0.15, 0.2) is 0 Å². The smallest absolute Gasteiger partial charge is 0.226 e. The number of para-hydroxylation sites is 1. The van der Waals surface area contributed by atoms with Crippen molar-refractivity contribution in [3.63, 3.8) is 0 Å². The minimum absolute atomic E-state index is 0.220. The highest BCUT2D eigenvalue weighted by Crippen LogP contribution is 2.16. The fourth-order valence-corrected chi connectivity index (χ4v) is 2.35. The first-order chi connectivity index (χ1) is 8.75. The number of amides is 1. The minimum Gasteiger partial charge on any atom is -0.493 e. The molecule has 2 rings (SSSR count). The predicted octanol–water partition coefficient (Wildman–Crippen LogP) is 2.71. The van der Waals surface area contributed by atoms with E-state index in [0.29, 0.717) is 18.9 Å². The van der Waals surface area contributed by atoms with Crippen LogP contribution >= 0.6 is 0 Å². The molecule has 1 aromatic rings. The van der Waals surface area contributed by atoms with Crippen LogP contribution in [0.15, 0.2) is 30.3 Å². The maximum atomic E-state index is 12.0. The van der Waals surface area contributed by atoms with E-state index in [-0.39, 0.29) is 5.91 Å². The van der Waals surface area contributed by atoms with Crippen molar-refractivity contribution in [2.75, 3.05) is 19.7 Å². The van der Waals surface area contributed by atoms with E-state index >= 15 is 0 Å². The molecule has 98 valence electrons. The Kier molecular flexibility index (Phi) is 4.62. The molecule has 3 nitrogen and oxygen atoms in total. The van der Waals surface area contributed by atoms with Gasteiger partial charge in [-0.05, 0) is 30.9 Å². The van der Waals surface area contributed by atoms with E-state index in [1.54, 1.807) is 0 Å². The molecule has 1 aromatic carbocycles. The molecular formula is C15H21NO2. The topological polar surface area (TPSA) is 29.5 Å². The number of piperidine rings is 1. The van der Waals surface area contributed by atoms with Crippen molar-refractivity contribution in [3.8, 4) is 5.75 Å². The van der Waals surface area contributed by atoms with E-state index in [0.717, 1.165) is 25.3 Å². The molecule has 0 unspecified atom stereocenters. The van der Waals surface area contributed by atoms with Crippen molar-refractivity contribution in [1.29, 1.82) is 0 Å². The number of carbonyl (C=O) groups excluding carboxylic acids is 1. The number of benzene rings is 1. The van der Waals surface area contributed by atoms with Gasteiger partial charge in [-0.3, -0.25) is 4.79 Å². The zero-order valence-electron chi connectivity index (χ0n) is 11.0. The fourth-order valence-electron chi connectivity index (χ4n) is 2.35. The Morgan fingerprint density at radius 1 is 1.39 bits per heavy atom. The lowest BCUT2D eigenvalue weighted by atomic mass is 10.0. The molecule has 1 fully saturated rings. The van der Waals surface area contributed by atoms with E-state index in [1.165, 1.54) is 6.42 Å². The van der Waals surface area contributed by atoms with Crippen LogP contribution in [0.1, 0.15) is 26.2 Å². The van der Waals surface area contributed by atoms with Crippen molar-refractivity contribution in [2.24, 2.45) is 5.92 Å². The van der Waals surface area contributed by atoms with Gasteiger partial charge < -0.3 is 9.64 Å². The predicted molar refractivity (Wildman–Crippen MR) is 71.5 cm³/mol. The molecule has 1 saturated heterocycles. The van der Waals surface area contributed by atoms with Crippen LogP contribution in [-0.4, -0.2) is 30.5 Å². The van der Waals surface area contributed by atoms with Crippen LogP contribution in [0, 0.1) is 5.92 Å². The van der Waals surface area contributed by atoms with Gasteiger partial charge in [-0.15, -0.1) is 0 Å². The lowest BCUT2D eigenvalue weighted by Gasteiger charge is -2.31. The van der Waals surface area contributed by atoms with E-state index in [2.05, 4.69) is 6.92 Å². The molecule has 3 heteroatoms. The number of hydrogen-bond acceptors (Lipinski definition) is 2. The van der Waals surface area contributed by atoms with Crippen molar-refractivity contribution >= 4 is 5.91 Å². The standard InChI is InChI=1S/C15H21NO2/c1-13-6-5-10-16(12-13)15(17)9-11-18-14-7-3-2-4-8-14/h2-4,7-8,13H,5-6,9-12H2,1H3/t13-/m1/s1. The second kappa shape index (κ2) is 6.43. The minimum atomic E-state index is 0.220. The highest BCUT2D eigenvalue weighted by molar-refractivity contribution is 5.76. The summed E-state index contributed by atoms with van der Waals surface area (Å²) in [6.45, 7) is 4.49. The lowest BCUT2D eigenvalue weighted by molar-refractivity contribution is -0.133. The van der Waals surface area contributed by atoms with Crippen molar-refractivity contribution in [3.05, 3.63) is 30.3 Å². The number of likely N-dealkylation sites (tertiary alicyclic amines) is 1. The van der Waals surface area contributed by atoms with Crippen LogP contribution < -0.4 is 4.74 Å². The van der Waals surface area contributed by atoms with Gasteiger partial charge in [-0.1, -0.05) is 25.1 Å². The molecule has 0 N–H and O–H groups in total. The molecule has 1 atom stereocenters. The summed E-state index contributed by atoms with van der Waals surface area (Å²) in [6.07, 6.45) is 2.85. The Hall–Kier alpha value is -1.51. The maximum absolute atomic E-state index is 12.0. The van der Waals surface area contributed by atoms with Gasteiger partial charge in [0.2, 0.25) is 5.91 Å². The summed E-state index contributed by atoms with van der Waals surface area (Å²) in [5, 5.41) is 0. The Labute approximate surface area is 109 Å². The Balaban J connectivity index is 1.71. The van der Waals surface area contributed by atoms with Crippen LogP contribution in [-0.2, 0) is 4.79 Å². The monoisotopic (exact) mass is 247 g/mol. The summed E-state index contributed by atoms with van der Waals surface area (Å²) < 4.78 is 5.55. The van der Waals surface area contributed by atoms with Gasteiger partial charge in [0.1, 0.15) is 5.75 Å². The molecule has 18 heavy (non-hydrogen) atoms. The van der Waals surface area contributed by atoms with Crippen LogP contribution in [0.25, 0.3) is 0 Å². The summed E-state index contributed by atoms with van der Waals surface area (Å²) in [5.41, 5.74) is 0. The molecule has 0 bridgehead atoms. The zero-order chi connectivity index (χ0) is 12.8. The Bertz CT molecular complexity index is 377. The van der Waals surface area contributed by atoms with Crippen LogP contribution in [0.4, 0.5) is 0 Å². The van der Waals surface area contributed by atoms with E-state index in [1.807, 2.05) is 35.2 Å². The molecule has 1 aliphatic rings. The van der Waals surface area contributed by atoms with Crippen molar-refractivity contribution in [2.45, 2.75) is 26.2 Å². The number of rotatable bonds is 4. The SMILES string of the molecule is C[C@@H]1CCCN(C(=O)CCOc2ccccc2)C1. The number of nitrogens with zero attached hydrogens (tertiary/aromatic N) is 1. The summed E-state index contributed by atoms with van der Waals surface area (Å²) in [6, 6.07) is 9.64. The van der Waals surface area contributed by atoms with Crippen LogP contribution in [0.5, 0.6) is 5.75 Å². The van der Waals surface area contributed by atoms with E-state index < -0.39 is 0 Å². The first-order valence-electron chi connectivity index (χ1n) is 6.71. The third-order valence-electron chi connectivity index (χ3n) is 3.34. The maximum Gasteiger partial charge on any atom is 0.226 e. The molecule has 0 spiro atoms. The third kappa shape index (κ3) is 3.76. The van der Waals surface area contributed by atoms with Gasteiger partial charge in [-0.2, -0.15) is 0 Å². The summed E-state index contributed by atoms with van der Waals surface area (Å²) in [7, 11) is 0. The number of ether oxygens (including phenoxy) is 1. The molecule has 1 aliphatic heterocycles. The highest BCUT2D eigenvalue weighted by atomic mass is 16.5. The van der Waals surface area contributed by atoms with Gasteiger partial charge in [0.25, 0.3) is 0 Å². The van der Waals surface area contributed by atoms with Crippen molar-refractivity contribution in [1.82, 2.24) is 4.90 Å². The number of carbonyl (C=O) groups is 1. The van der Waals surface area contributed by atoms with Gasteiger partial charge in [0, 0.05) is 13.1 Å². The van der Waals surface area contributed by atoms with Gasteiger partial charge in [-0.25, -0.2) is 0 Å². The quantitative estimate of drug-likeness (QED) is 0.818. The van der Waals surface area contributed by atoms with E-state index in [9.17, 15) is 4.79 Å². The first kappa shape index (κ1) is 12.9. The molecular weight excluding hydrogens is 226 g/mol. The van der Waals surface area contributed by atoms with Crippen LogP contribution in [0.2, 0.25) is 0 Å². The highest BCUT2D eigenvalue weighted by Gasteiger charge is 2.20.